The predicted octanol–water partition coefficient (Wildman–Crippen LogP) is 4.53. The van der Waals surface area contributed by atoms with Crippen molar-refractivity contribution in [3.05, 3.63) is 63.5 Å². The number of alkyl halides is 1. The number of hydrogen-bond donors (Lipinski definition) is 0. The van der Waals surface area contributed by atoms with Crippen LogP contribution in [-0.2, 0) is 13.3 Å². The summed E-state index contributed by atoms with van der Waals surface area (Å²) >= 11 is 8.28. The van der Waals surface area contributed by atoms with E-state index in [1.807, 2.05) is 28.8 Å². The van der Waals surface area contributed by atoms with Gasteiger partial charge in [-0.2, -0.15) is 0 Å². The summed E-state index contributed by atoms with van der Waals surface area (Å²) < 4.78 is 18.1. The summed E-state index contributed by atoms with van der Waals surface area (Å²) in [6.07, 6.45) is 6.69. The monoisotopic (exact) mass is 467 g/mol. The van der Waals surface area contributed by atoms with Crippen LogP contribution in [0.4, 0.5) is 4.39 Å². The second-order valence-corrected chi connectivity index (χ2v) is 7.18. The zero-order valence-corrected chi connectivity index (χ0v) is 15.8. The van der Waals surface area contributed by atoms with Crippen molar-refractivity contribution in [1.82, 2.24) is 24.1 Å². The molecule has 0 spiro atoms. The highest BCUT2D eigenvalue weighted by atomic mass is 127. The first-order valence-corrected chi connectivity index (χ1v) is 8.93. The van der Waals surface area contributed by atoms with Crippen LogP contribution >= 0.6 is 34.2 Å². The fraction of sp³-hybridized carbons (Fsp3) is 0.118. The van der Waals surface area contributed by atoms with E-state index >= 15 is 0 Å². The molecule has 0 atom stereocenters. The topological polar surface area (TPSA) is 48.5 Å². The molecule has 0 aliphatic carbocycles. The summed E-state index contributed by atoms with van der Waals surface area (Å²) in [4.78, 5) is 12.9. The van der Waals surface area contributed by atoms with Gasteiger partial charge in [0.1, 0.15) is 11.0 Å². The van der Waals surface area contributed by atoms with Gasteiger partial charge in [0.2, 0.25) is 0 Å². The average Bonchev–Trinajstić information content (AvgIpc) is 3.18. The van der Waals surface area contributed by atoms with Gasteiger partial charge >= 0.3 is 0 Å². The van der Waals surface area contributed by atoms with Crippen LogP contribution in [0.15, 0.2) is 49.2 Å². The van der Waals surface area contributed by atoms with Crippen LogP contribution in [0.1, 0.15) is 5.56 Å². The van der Waals surface area contributed by atoms with E-state index in [1.165, 1.54) is 0 Å². The third kappa shape index (κ3) is 3.13. The van der Waals surface area contributed by atoms with Gasteiger partial charge in [-0.3, -0.25) is 9.55 Å². The molecule has 25 heavy (non-hydrogen) atoms. The van der Waals surface area contributed by atoms with E-state index in [9.17, 15) is 4.39 Å². The zero-order valence-electron chi connectivity index (χ0n) is 12.9. The van der Waals surface area contributed by atoms with E-state index in [4.69, 9.17) is 11.6 Å². The lowest BCUT2D eigenvalue weighted by atomic mass is 10.2. The summed E-state index contributed by atoms with van der Waals surface area (Å²) in [6, 6.07) is 7.73. The minimum absolute atomic E-state index is 0.535. The minimum atomic E-state index is -0.649. The van der Waals surface area contributed by atoms with Crippen LogP contribution in [0, 0.1) is 3.57 Å². The molecular weight excluding hydrogens is 456 g/mol. The van der Waals surface area contributed by atoms with Crippen LogP contribution in [0.25, 0.3) is 22.4 Å². The Hall–Kier alpha value is -2.00. The van der Waals surface area contributed by atoms with Gasteiger partial charge in [-0.25, -0.2) is 14.4 Å². The van der Waals surface area contributed by atoms with Gasteiger partial charge in [0.15, 0.2) is 6.80 Å². The van der Waals surface area contributed by atoms with Crippen LogP contribution < -0.4 is 0 Å². The fourth-order valence-corrected chi connectivity index (χ4v) is 3.39. The molecule has 0 saturated heterocycles. The van der Waals surface area contributed by atoms with Gasteiger partial charge in [-0.15, -0.1) is 0 Å². The molecule has 0 N–H and O–H groups in total. The minimum Gasteiger partial charge on any atom is -0.317 e. The molecule has 0 amide bonds. The van der Waals surface area contributed by atoms with Gasteiger partial charge in [0.25, 0.3) is 0 Å². The number of halogens is 3. The first-order chi connectivity index (χ1) is 12.2. The van der Waals surface area contributed by atoms with E-state index in [-0.39, 0.29) is 0 Å². The Bertz CT molecular complexity index is 1060. The maximum Gasteiger partial charge on any atom is 0.167 e. The Morgan fingerprint density at radius 1 is 1.12 bits per heavy atom. The molecule has 3 aromatic heterocycles. The van der Waals surface area contributed by atoms with E-state index in [0.717, 1.165) is 25.7 Å². The zero-order chi connectivity index (χ0) is 17.4. The first-order valence-electron chi connectivity index (χ1n) is 7.47. The van der Waals surface area contributed by atoms with Crippen molar-refractivity contribution in [2.45, 2.75) is 13.3 Å². The third-order valence-electron chi connectivity index (χ3n) is 3.90. The lowest BCUT2D eigenvalue weighted by Gasteiger charge is -2.07. The van der Waals surface area contributed by atoms with E-state index < -0.39 is 6.80 Å². The molecule has 4 rings (SSSR count). The van der Waals surface area contributed by atoms with Crippen molar-refractivity contribution < 1.29 is 4.39 Å². The van der Waals surface area contributed by atoms with Crippen molar-refractivity contribution in [3.8, 4) is 11.4 Å². The molecule has 3 heterocycles. The second-order valence-electron chi connectivity index (χ2n) is 5.54. The molecule has 0 fully saturated rings. The van der Waals surface area contributed by atoms with Gasteiger partial charge in [-0.05, 0) is 52.4 Å². The Balaban J connectivity index is 1.78. The third-order valence-corrected chi connectivity index (χ3v) is 4.88. The molecule has 0 aliphatic rings. The van der Waals surface area contributed by atoms with Crippen LogP contribution in [0.5, 0.6) is 0 Å². The molecule has 4 aromatic rings. The Morgan fingerprint density at radius 3 is 2.76 bits per heavy atom. The molecule has 5 nitrogen and oxygen atoms in total. The van der Waals surface area contributed by atoms with Crippen molar-refractivity contribution in [3.63, 3.8) is 0 Å². The highest BCUT2D eigenvalue weighted by Gasteiger charge is 2.14. The molecule has 0 aliphatic heterocycles. The second kappa shape index (κ2) is 6.72. The standard InChI is InChI=1S/C17H12ClFIN5/c18-16-7-22-10-24(16)8-11-3-12(6-21-5-11)17-23-14-2-1-13(20)4-15(14)25(17)9-19/h1-7,10H,8-9H2. The van der Waals surface area contributed by atoms with Crippen molar-refractivity contribution in [2.75, 3.05) is 0 Å². The number of rotatable bonds is 4. The Kier molecular flexibility index (Phi) is 4.43. The number of pyridine rings is 1. The normalized spacial score (nSPS) is 11.3. The average molecular weight is 468 g/mol. The Labute approximate surface area is 161 Å². The maximum atomic E-state index is 13.7. The van der Waals surface area contributed by atoms with E-state index in [0.29, 0.717) is 17.5 Å². The number of nitrogens with zero attached hydrogens (tertiary/aromatic N) is 5. The first kappa shape index (κ1) is 16.5. The van der Waals surface area contributed by atoms with Gasteiger partial charge in [0, 0.05) is 21.5 Å². The number of imidazole rings is 2. The summed E-state index contributed by atoms with van der Waals surface area (Å²) in [6.45, 7) is -0.114. The van der Waals surface area contributed by atoms with Crippen molar-refractivity contribution in [2.24, 2.45) is 0 Å². The molecule has 1 aromatic carbocycles. The summed E-state index contributed by atoms with van der Waals surface area (Å²) in [5, 5.41) is 0.552. The van der Waals surface area contributed by atoms with Crippen molar-refractivity contribution in [1.29, 1.82) is 0 Å². The number of fused-ring (bicyclic) bond motifs is 1. The van der Waals surface area contributed by atoms with Crippen LogP contribution in [-0.4, -0.2) is 24.1 Å². The van der Waals surface area contributed by atoms with Gasteiger partial charge < -0.3 is 4.57 Å². The van der Waals surface area contributed by atoms with E-state index in [1.54, 1.807) is 29.5 Å². The lowest BCUT2D eigenvalue weighted by Crippen LogP contribution is -2.01. The molecule has 0 bridgehead atoms. The van der Waals surface area contributed by atoms with Crippen LogP contribution in [0.3, 0.4) is 0 Å². The number of hydrogen-bond acceptors (Lipinski definition) is 3. The quantitative estimate of drug-likeness (QED) is 0.415. The predicted molar refractivity (Wildman–Crippen MR) is 103 cm³/mol. The highest BCUT2D eigenvalue weighted by Crippen LogP contribution is 2.26. The highest BCUT2D eigenvalue weighted by molar-refractivity contribution is 14.1. The van der Waals surface area contributed by atoms with Gasteiger partial charge in [-0.1, -0.05) is 11.6 Å². The van der Waals surface area contributed by atoms with E-state index in [2.05, 4.69) is 37.5 Å². The van der Waals surface area contributed by atoms with Crippen molar-refractivity contribution >= 4 is 45.2 Å². The number of benzene rings is 1. The largest absolute Gasteiger partial charge is 0.317 e. The smallest absolute Gasteiger partial charge is 0.167 e. The molecule has 126 valence electrons. The summed E-state index contributed by atoms with van der Waals surface area (Å²) in [5.74, 6) is 0.561. The lowest BCUT2D eigenvalue weighted by molar-refractivity contribution is 0.387. The Morgan fingerprint density at radius 2 is 2.00 bits per heavy atom. The number of aromatic nitrogens is 5. The van der Waals surface area contributed by atoms with Gasteiger partial charge in [0.05, 0.1) is 30.1 Å². The molecule has 0 radical (unpaired) electrons. The molecular formula is C17H12ClFIN5. The molecule has 8 heteroatoms. The molecule has 0 saturated carbocycles. The van der Waals surface area contributed by atoms with Crippen LogP contribution in [0.2, 0.25) is 5.15 Å². The summed E-state index contributed by atoms with van der Waals surface area (Å²) in [5.41, 5.74) is 3.23. The SMILES string of the molecule is FCn1c(-c2cncc(Cn3cncc3Cl)c2)nc2ccc(I)cc21. The fourth-order valence-electron chi connectivity index (χ4n) is 2.75. The maximum absolute atomic E-state index is 13.7. The molecule has 0 unspecified atom stereocenters. The summed E-state index contributed by atoms with van der Waals surface area (Å²) in [7, 11) is 0.